The van der Waals surface area contributed by atoms with E-state index < -0.39 is 25.9 Å². The first-order valence-electron chi connectivity index (χ1n) is 7.21. The molecule has 1 amide bonds. The average molecular weight is 376 g/mol. The highest BCUT2D eigenvalue weighted by molar-refractivity contribution is 7.92. The second-order valence-electron chi connectivity index (χ2n) is 5.62. The van der Waals surface area contributed by atoms with E-state index in [9.17, 15) is 21.6 Å². The molecule has 1 heterocycles. The van der Waals surface area contributed by atoms with Gasteiger partial charge >= 0.3 is 0 Å². The molecule has 1 atom stereocenters. The third kappa shape index (κ3) is 3.87. The van der Waals surface area contributed by atoms with E-state index in [1.165, 1.54) is 39.3 Å². The molecule has 24 heavy (non-hydrogen) atoms. The quantitative estimate of drug-likeness (QED) is 0.799. The van der Waals surface area contributed by atoms with E-state index >= 15 is 0 Å². The van der Waals surface area contributed by atoms with Gasteiger partial charge in [0.15, 0.2) is 9.84 Å². The molecule has 10 heteroatoms. The molecule has 0 unspecified atom stereocenters. The molecule has 0 aliphatic carbocycles. The predicted molar refractivity (Wildman–Crippen MR) is 89.3 cm³/mol. The van der Waals surface area contributed by atoms with E-state index in [1.54, 1.807) is 0 Å². The van der Waals surface area contributed by atoms with Crippen molar-refractivity contribution in [1.29, 1.82) is 0 Å². The highest BCUT2D eigenvalue weighted by Gasteiger charge is 2.37. The van der Waals surface area contributed by atoms with Gasteiger partial charge in [-0.3, -0.25) is 4.79 Å². The molecule has 0 bridgehead atoms. The Morgan fingerprint density at radius 2 is 2.04 bits per heavy atom. The van der Waals surface area contributed by atoms with Crippen LogP contribution in [-0.2, 0) is 24.7 Å². The highest BCUT2D eigenvalue weighted by atomic mass is 32.2. The maximum absolute atomic E-state index is 12.9. The lowest BCUT2D eigenvalue weighted by atomic mass is 10.3. The molecule has 0 radical (unpaired) electrons. The second-order valence-corrected chi connectivity index (χ2v) is 9.82. The lowest BCUT2D eigenvalue weighted by Crippen LogP contribution is -2.38. The summed E-state index contributed by atoms with van der Waals surface area (Å²) in [7, 11) is -4.51. The summed E-state index contributed by atoms with van der Waals surface area (Å²) in [5, 5.41) is 2.52. The maximum atomic E-state index is 12.9. The topological polar surface area (TPSA) is 110 Å². The molecule has 8 nitrogen and oxygen atoms in total. The summed E-state index contributed by atoms with van der Waals surface area (Å²) in [6.07, 6.45) is 0.256. The Kier molecular flexibility index (Phi) is 5.21. The first kappa shape index (κ1) is 18.7. The van der Waals surface area contributed by atoms with Crippen molar-refractivity contribution in [2.45, 2.75) is 24.3 Å². The number of benzene rings is 1. The zero-order valence-corrected chi connectivity index (χ0v) is 15.3. The number of methoxy groups -OCH3 is 1. The third-order valence-corrected chi connectivity index (χ3v) is 7.55. The van der Waals surface area contributed by atoms with E-state index in [2.05, 4.69) is 5.32 Å². The van der Waals surface area contributed by atoms with E-state index in [-0.39, 0.29) is 34.5 Å². The molecule has 1 N–H and O–H groups in total. The first-order chi connectivity index (χ1) is 11.1. The van der Waals surface area contributed by atoms with Gasteiger partial charge in [0.2, 0.25) is 15.9 Å². The van der Waals surface area contributed by atoms with Gasteiger partial charge in [-0.15, -0.1) is 0 Å². The average Bonchev–Trinajstić information content (AvgIpc) is 2.85. The molecule has 2 rings (SSSR count). The van der Waals surface area contributed by atoms with Crippen LogP contribution in [0, 0.1) is 0 Å². The van der Waals surface area contributed by atoms with Gasteiger partial charge in [0.05, 0.1) is 18.6 Å². The van der Waals surface area contributed by atoms with Gasteiger partial charge < -0.3 is 10.1 Å². The van der Waals surface area contributed by atoms with Crippen molar-refractivity contribution in [2.24, 2.45) is 0 Å². The summed E-state index contributed by atoms with van der Waals surface area (Å²) in [4.78, 5) is 11.1. The van der Waals surface area contributed by atoms with E-state index in [0.717, 1.165) is 4.31 Å². The van der Waals surface area contributed by atoms with Crippen LogP contribution in [0.3, 0.4) is 0 Å². The van der Waals surface area contributed by atoms with Crippen molar-refractivity contribution in [3.8, 4) is 5.75 Å². The number of amides is 1. The summed E-state index contributed by atoms with van der Waals surface area (Å²) in [6.45, 7) is 1.31. The van der Waals surface area contributed by atoms with Gasteiger partial charge in [0.1, 0.15) is 10.6 Å². The van der Waals surface area contributed by atoms with Crippen LogP contribution in [0.15, 0.2) is 23.1 Å². The summed E-state index contributed by atoms with van der Waals surface area (Å²) in [5.74, 6) is -0.438. The molecule has 0 spiro atoms. The number of sulfonamides is 1. The molecule has 134 valence electrons. The second kappa shape index (κ2) is 6.69. The fourth-order valence-electron chi connectivity index (χ4n) is 2.57. The number of nitrogens with one attached hydrogen (secondary N) is 1. The summed E-state index contributed by atoms with van der Waals surface area (Å²) in [5.41, 5.74) is 0.314. The molecule has 0 aromatic heterocycles. The van der Waals surface area contributed by atoms with Crippen molar-refractivity contribution in [1.82, 2.24) is 4.31 Å². The molecular weight excluding hydrogens is 356 g/mol. The van der Waals surface area contributed by atoms with Crippen molar-refractivity contribution in [2.75, 3.05) is 31.0 Å². The Balaban J connectivity index is 2.42. The number of hydrogen-bond acceptors (Lipinski definition) is 6. The normalized spacial score (nSPS) is 20.1. The fourth-order valence-corrected chi connectivity index (χ4v) is 6.01. The van der Waals surface area contributed by atoms with Gasteiger partial charge in [-0.05, 0) is 24.6 Å². The first-order valence-corrected chi connectivity index (χ1v) is 10.5. The van der Waals surface area contributed by atoms with Gasteiger partial charge in [0, 0.05) is 25.7 Å². The van der Waals surface area contributed by atoms with Crippen LogP contribution in [0.4, 0.5) is 5.69 Å². The van der Waals surface area contributed by atoms with Crippen LogP contribution in [-0.4, -0.2) is 58.8 Å². The van der Waals surface area contributed by atoms with Crippen LogP contribution in [0.5, 0.6) is 5.75 Å². The van der Waals surface area contributed by atoms with Gasteiger partial charge in [-0.1, -0.05) is 0 Å². The van der Waals surface area contributed by atoms with Crippen molar-refractivity contribution in [3.63, 3.8) is 0 Å². The highest BCUT2D eigenvalue weighted by Crippen LogP contribution is 2.31. The van der Waals surface area contributed by atoms with Gasteiger partial charge in [-0.2, -0.15) is 4.31 Å². The fraction of sp³-hybridized carbons (Fsp3) is 0.500. The number of hydrogen-bond donors (Lipinski definition) is 1. The summed E-state index contributed by atoms with van der Waals surface area (Å²) < 4.78 is 55.2. The third-order valence-electron chi connectivity index (χ3n) is 3.86. The maximum Gasteiger partial charge on any atom is 0.246 e. The van der Waals surface area contributed by atoms with Crippen molar-refractivity contribution < 1.29 is 26.4 Å². The predicted octanol–water partition coefficient (Wildman–Crippen LogP) is 0.461. The van der Waals surface area contributed by atoms with Crippen LogP contribution < -0.4 is 10.1 Å². The molecule has 1 fully saturated rings. The molecule has 1 aromatic carbocycles. The lowest BCUT2D eigenvalue weighted by molar-refractivity contribution is -0.114. The Hall–Kier alpha value is -1.65. The molecule has 0 saturated carbocycles. The molecule has 1 aromatic rings. The van der Waals surface area contributed by atoms with Gasteiger partial charge in [0.25, 0.3) is 0 Å². The molecule has 1 aliphatic rings. The van der Waals surface area contributed by atoms with Gasteiger partial charge in [-0.25, -0.2) is 16.8 Å². The number of carbonyl (C=O) groups is 1. The van der Waals surface area contributed by atoms with Crippen molar-refractivity contribution in [3.05, 3.63) is 18.2 Å². The molecular formula is C14H20N2O6S2. The Labute approximate surface area is 141 Å². The minimum Gasteiger partial charge on any atom is -0.495 e. The van der Waals surface area contributed by atoms with Crippen molar-refractivity contribution >= 4 is 31.5 Å². The largest absolute Gasteiger partial charge is 0.495 e. The number of rotatable bonds is 5. The summed E-state index contributed by atoms with van der Waals surface area (Å²) >= 11 is 0. The lowest BCUT2D eigenvalue weighted by Gasteiger charge is -2.24. The van der Waals surface area contributed by atoms with Crippen LogP contribution in [0.25, 0.3) is 0 Å². The number of anilines is 1. The van der Waals surface area contributed by atoms with E-state index in [1.807, 2.05) is 0 Å². The van der Waals surface area contributed by atoms with E-state index in [0.29, 0.717) is 5.69 Å². The number of sulfone groups is 1. The molecule has 1 saturated heterocycles. The van der Waals surface area contributed by atoms with E-state index in [4.69, 9.17) is 4.74 Å². The zero-order chi connectivity index (χ0) is 18.1. The number of carbonyl (C=O) groups excluding carboxylic acids is 1. The van der Waals surface area contributed by atoms with Crippen LogP contribution in [0.1, 0.15) is 13.3 Å². The monoisotopic (exact) mass is 376 g/mol. The smallest absolute Gasteiger partial charge is 0.246 e. The Bertz CT molecular complexity index is 848. The minimum atomic E-state index is -3.98. The standard InChI is InChI=1S/C14H20N2O6S2/c1-10(17)15-11-4-5-13(22-3)14(8-11)24(20,21)16(2)12-6-7-23(18,19)9-12/h4-5,8,12H,6-7,9H2,1-3H3,(H,15,17)/t12-/m0/s1. The Morgan fingerprint density at radius 3 is 2.54 bits per heavy atom. The van der Waals surface area contributed by atoms with Crippen LogP contribution >= 0.6 is 0 Å². The van der Waals surface area contributed by atoms with Crippen LogP contribution in [0.2, 0.25) is 0 Å². The minimum absolute atomic E-state index is 0.0272. The number of nitrogens with zero attached hydrogens (tertiary/aromatic N) is 1. The molecule has 1 aliphatic heterocycles. The Morgan fingerprint density at radius 1 is 1.38 bits per heavy atom. The SMILES string of the molecule is COc1ccc(NC(C)=O)cc1S(=O)(=O)N(C)[C@H]1CCS(=O)(=O)C1. The summed E-state index contributed by atoms with van der Waals surface area (Å²) in [6, 6.07) is 3.65. The zero-order valence-electron chi connectivity index (χ0n) is 13.6. The number of ether oxygens (including phenoxy) is 1.